The van der Waals surface area contributed by atoms with Gasteiger partial charge in [-0.2, -0.15) is 0 Å². The summed E-state index contributed by atoms with van der Waals surface area (Å²) >= 11 is 0. The minimum atomic E-state index is -2.72. The van der Waals surface area contributed by atoms with Crippen LogP contribution in [-0.2, 0) is 14.0 Å². The lowest BCUT2D eigenvalue weighted by Crippen LogP contribution is -2.67. The first-order valence-electron chi connectivity index (χ1n) is 15.9. The first kappa shape index (κ1) is 34.2. The number of carbonyl (C=O) groups is 1. The van der Waals surface area contributed by atoms with Crippen molar-refractivity contribution in [2.24, 2.45) is 0 Å². The highest BCUT2D eigenvalue weighted by Crippen LogP contribution is 2.36. The molecule has 0 saturated heterocycles. The highest BCUT2D eigenvalue weighted by Gasteiger charge is 2.50. The van der Waals surface area contributed by atoms with Crippen molar-refractivity contribution >= 4 is 24.7 Å². The zero-order valence-electron chi connectivity index (χ0n) is 25.8. The Morgan fingerprint density at radius 3 is 1.55 bits per heavy atom. The zero-order chi connectivity index (χ0) is 29.1. The van der Waals surface area contributed by atoms with Crippen LogP contribution in [0, 0.1) is 0 Å². The highest BCUT2D eigenvalue weighted by atomic mass is 28.4. The molecule has 4 nitrogen and oxygen atoms in total. The Hall–Kier alpha value is -1.95. The summed E-state index contributed by atoms with van der Waals surface area (Å²) in [5.41, 5.74) is 0. The molecule has 5 heteroatoms. The number of hydrogen-bond acceptors (Lipinski definition) is 4. The van der Waals surface area contributed by atoms with Crippen LogP contribution in [0.5, 0.6) is 0 Å². The van der Waals surface area contributed by atoms with E-state index in [1.807, 2.05) is 36.4 Å². The van der Waals surface area contributed by atoms with Crippen LogP contribution in [0.4, 0.5) is 0 Å². The molecule has 0 heterocycles. The number of rotatable bonds is 21. The number of aliphatic hydroxyl groups is 1. The van der Waals surface area contributed by atoms with Gasteiger partial charge in [-0.15, -0.1) is 0 Å². The second kappa shape index (κ2) is 19.2. The number of ether oxygens (including phenoxy) is 1. The summed E-state index contributed by atoms with van der Waals surface area (Å²) in [6.07, 6.45) is 16.2. The van der Waals surface area contributed by atoms with Crippen molar-refractivity contribution in [2.45, 2.75) is 129 Å². The number of unbranched alkanes of at least 4 members (excludes halogenated alkanes) is 12. The van der Waals surface area contributed by atoms with Crippen molar-refractivity contribution in [3.63, 3.8) is 0 Å². The number of hydrogen-bond donors (Lipinski definition) is 1. The topological polar surface area (TPSA) is 55.8 Å². The van der Waals surface area contributed by atoms with Crippen LogP contribution in [0.3, 0.4) is 0 Å². The standard InChI is InChI=1S/C35H56O4Si/c1-5-6-7-8-9-10-11-12-13-14-15-16-23-28-34(37)38-29-31(36)30-39-40(35(2,3)4,32-24-19-17-20-25-32)33-26-21-18-22-27-33/h17-22,24-27,31,36H,5-16,23,28-30H2,1-4H3/t31-/m0/s1. The van der Waals surface area contributed by atoms with Crippen LogP contribution in [0.25, 0.3) is 0 Å². The minimum absolute atomic E-state index is 0.0323. The smallest absolute Gasteiger partial charge is 0.305 e. The summed E-state index contributed by atoms with van der Waals surface area (Å²) in [5.74, 6) is -0.229. The van der Waals surface area contributed by atoms with E-state index < -0.39 is 14.4 Å². The van der Waals surface area contributed by atoms with Gasteiger partial charge >= 0.3 is 5.97 Å². The van der Waals surface area contributed by atoms with E-state index in [0.717, 1.165) is 12.8 Å². The van der Waals surface area contributed by atoms with Gasteiger partial charge in [0.05, 0.1) is 6.61 Å². The first-order chi connectivity index (χ1) is 19.3. The second-order valence-corrected chi connectivity index (χ2v) is 16.6. The fourth-order valence-corrected chi connectivity index (χ4v) is 10.2. The normalized spacial score (nSPS) is 12.8. The maximum atomic E-state index is 12.3. The largest absolute Gasteiger partial charge is 0.463 e. The van der Waals surface area contributed by atoms with Crippen molar-refractivity contribution in [1.29, 1.82) is 0 Å². The molecule has 0 aliphatic heterocycles. The Bertz CT molecular complexity index is 870. The van der Waals surface area contributed by atoms with Gasteiger partial charge in [0.1, 0.15) is 12.7 Å². The molecule has 0 aliphatic carbocycles. The molecule has 0 unspecified atom stereocenters. The maximum Gasteiger partial charge on any atom is 0.305 e. The number of benzene rings is 2. The van der Waals surface area contributed by atoms with Gasteiger partial charge in [0.25, 0.3) is 8.32 Å². The second-order valence-electron chi connectivity index (χ2n) is 12.3. The first-order valence-corrected chi connectivity index (χ1v) is 17.8. The Morgan fingerprint density at radius 1 is 0.700 bits per heavy atom. The van der Waals surface area contributed by atoms with E-state index >= 15 is 0 Å². The van der Waals surface area contributed by atoms with Gasteiger partial charge in [0.15, 0.2) is 0 Å². The van der Waals surface area contributed by atoms with Crippen LogP contribution in [0.1, 0.15) is 118 Å². The fraction of sp³-hybridized carbons (Fsp3) is 0.629. The summed E-state index contributed by atoms with van der Waals surface area (Å²) in [6, 6.07) is 20.7. The molecule has 2 rings (SSSR count). The fourth-order valence-electron chi connectivity index (χ4n) is 5.58. The molecule has 0 aromatic heterocycles. The predicted molar refractivity (Wildman–Crippen MR) is 171 cm³/mol. The molecule has 2 aromatic carbocycles. The van der Waals surface area contributed by atoms with Gasteiger partial charge in [-0.25, -0.2) is 0 Å². The minimum Gasteiger partial charge on any atom is -0.463 e. The Kier molecular flexibility index (Phi) is 16.5. The lowest BCUT2D eigenvalue weighted by atomic mass is 10.0. The summed E-state index contributed by atoms with van der Waals surface area (Å²) in [6.45, 7) is 8.99. The van der Waals surface area contributed by atoms with E-state index in [1.54, 1.807) is 0 Å². The van der Waals surface area contributed by atoms with Gasteiger partial charge in [-0.05, 0) is 21.8 Å². The summed E-state index contributed by atoms with van der Waals surface area (Å²) < 4.78 is 12.2. The van der Waals surface area contributed by atoms with Crippen molar-refractivity contribution < 1.29 is 19.1 Å². The van der Waals surface area contributed by atoms with Crippen molar-refractivity contribution in [1.82, 2.24) is 0 Å². The van der Waals surface area contributed by atoms with Crippen LogP contribution in [0.2, 0.25) is 5.04 Å². The van der Waals surface area contributed by atoms with Gasteiger partial charge in [-0.1, -0.05) is 165 Å². The van der Waals surface area contributed by atoms with Gasteiger partial charge in [0, 0.05) is 6.42 Å². The summed E-state index contributed by atoms with van der Waals surface area (Å²) in [7, 11) is -2.72. The van der Waals surface area contributed by atoms with Crippen molar-refractivity contribution in [2.75, 3.05) is 13.2 Å². The molecule has 224 valence electrons. The summed E-state index contributed by atoms with van der Waals surface area (Å²) in [5, 5.41) is 12.9. The number of carbonyl (C=O) groups excluding carboxylic acids is 1. The Labute approximate surface area is 246 Å². The number of aliphatic hydroxyl groups excluding tert-OH is 1. The lowest BCUT2D eigenvalue weighted by molar-refractivity contribution is -0.147. The molecule has 0 radical (unpaired) electrons. The lowest BCUT2D eigenvalue weighted by Gasteiger charge is -2.43. The molecule has 0 fully saturated rings. The molecule has 0 amide bonds. The predicted octanol–water partition coefficient (Wildman–Crippen LogP) is 7.95. The van der Waals surface area contributed by atoms with Crippen LogP contribution >= 0.6 is 0 Å². The molecule has 40 heavy (non-hydrogen) atoms. The quantitative estimate of drug-likeness (QED) is 0.0943. The van der Waals surface area contributed by atoms with E-state index in [4.69, 9.17) is 9.16 Å². The van der Waals surface area contributed by atoms with Crippen LogP contribution in [0.15, 0.2) is 60.7 Å². The molecule has 0 aliphatic rings. The van der Waals surface area contributed by atoms with E-state index in [0.29, 0.717) is 6.42 Å². The van der Waals surface area contributed by atoms with Crippen LogP contribution < -0.4 is 10.4 Å². The van der Waals surface area contributed by atoms with E-state index in [2.05, 4.69) is 52.0 Å². The molecular formula is C35H56O4Si. The molecule has 0 bridgehead atoms. The third kappa shape index (κ3) is 11.9. The highest BCUT2D eigenvalue weighted by molar-refractivity contribution is 6.99. The third-order valence-electron chi connectivity index (χ3n) is 7.83. The molecule has 0 saturated carbocycles. The average Bonchev–Trinajstić information content (AvgIpc) is 2.95. The van der Waals surface area contributed by atoms with Crippen LogP contribution in [-0.4, -0.2) is 38.7 Å². The molecule has 1 N–H and O–H groups in total. The average molecular weight is 569 g/mol. The summed E-state index contributed by atoms with van der Waals surface area (Å²) in [4.78, 5) is 12.3. The third-order valence-corrected chi connectivity index (χ3v) is 12.8. The maximum absolute atomic E-state index is 12.3. The molecule has 1 atom stereocenters. The van der Waals surface area contributed by atoms with Gasteiger partial charge < -0.3 is 14.3 Å². The molecule has 2 aromatic rings. The molecule has 0 spiro atoms. The van der Waals surface area contributed by atoms with Crippen molar-refractivity contribution in [3.8, 4) is 0 Å². The van der Waals surface area contributed by atoms with Gasteiger partial charge in [0.2, 0.25) is 0 Å². The monoisotopic (exact) mass is 568 g/mol. The SMILES string of the molecule is CCCCCCCCCCCCCCCC(=O)OC[C@H](O)CO[Si](c1ccccc1)(c1ccccc1)C(C)(C)C. The zero-order valence-corrected chi connectivity index (χ0v) is 26.8. The Morgan fingerprint density at radius 2 is 1.12 bits per heavy atom. The van der Waals surface area contributed by atoms with E-state index in [1.165, 1.54) is 81.0 Å². The van der Waals surface area contributed by atoms with E-state index in [-0.39, 0.29) is 24.2 Å². The van der Waals surface area contributed by atoms with E-state index in [9.17, 15) is 9.90 Å². The molecular weight excluding hydrogens is 512 g/mol. The van der Waals surface area contributed by atoms with Gasteiger partial charge in [-0.3, -0.25) is 4.79 Å². The Balaban J connectivity index is 1.69. The number of esters is 1. The van der Waals surface area contributed by atoms with Crippen molar-refractivity contribution in [3.05, 3.63) is 60.7 Å².